The molecule has 21 heavy (non-hydrogen) atoms. The molecule has 0 fully saturated rings. The third-order valence-corrected chi connectivity index (χ3v) is 4.00. The lowest BCUT2D eigenvalue weighted by Crippen LogP contribution is -2.69. The van der Waals surface area contributed by atoms with Crippen LogP contribution in [0.2, 0.25) is 0 Å². The van der Waals surface area contributed by atoms with Crippen molar-refractivity contribution in [1.82, 2.24) is 5.32 Å². The number of aliphatic hydroxyl groups is 1. The molecule has 1 aromatic rings. The van der Waals surface area contributed by atoms with E-state index in [0.717, 1.165) is 0 Å². The fourth-order valence-corrected chi connectivity index (χ4v) is 2.96. The lowest BCUT2D eigenvalue weighted by Gasteiger charge is -2.50. The molecule has 0 amide bonds. The van der Waals surface area contributed by atoms with E-state index < -0.39 is 17.2 Å². The van der Waals surface area contributed by atoms with Gasteiger partial charge in [-0.05, 0) is 45.5 Å². The molecule has 0 saturated heterocycles. The molecule has 1 heterocycles. The Hall–Kier alpha value is -1.90. The highest BCUT2D eigenvalue weighted by atomic mass is 16.5. The number of nitriles is 1. The summed E-state index contributed by atoms with van der Waals surface area (Å²) < 4.78 is 5.89. The van der Waals surface area contributed by atoms with Gasteiger partial charge in [-0.25, -0.2) is 0 Å². The van der Waals surface area contributed by atoms with Gasteiger partial charge in [0.1, 0.15) is 17.1 Å². The standard InChI is InChI=1S/C16H20N2O3/c1-5-18-16(20)14(10(2)19)12-8-11(9-17)6-7-13(12)21-15(16,3)4/h6-8,14,18,20H,5H2,1-4H3. The van der Waals surface area contributed by atoms with Crippen LogP contribution < -0.4 is 10.1 Å². The smallest absolute Gasteiger partial charge is 0.169 e. The normalized spacial score (nSPS) is 26.4. The van der Waals surface area contributed by atoms with Gasteiger partial charge in [0.05, 0.1) is 17.6 Å². The van der Waals surface area contributed by atoms with E-state index in [4.69, 9.17) is 10.00 Å². The molecule has 112 valence electrons. The van der Waals surface area contributed by atoms with Crippen molar-refractivity contribution in [2.24, 2.45) is 0 Å². The van der Waals surface area contributed by atoms with Gasteiger partial charge >= 0.3 is 0 Å². The van der Waals surface area contributed by atoms with Crippen LogP contribution in [-0.4, -0.2) is 28.8 Å². The van der Waals surface area contributed by atoms with E-state index in [-0.39, 0.29) is 5.78 Å². The molecule has 2 unspecified atom stereocenters. The topological polar surface area (TPSA) is 82.4 Å². The van der Waals surface area contributed by atoms with E-state index in [2.05, 4.69) is 5.32 Å². The first-order valence-electron chi connectivity index (χ1n) is 6.97. The Morgan fingerprint density at radius 2 is 2.19 bits per heavy atom. The summed E-state index contributed by atoms with van der Waals surface area (Å²) in [7, 11) is 0. The number of hydrogen-bond donors (Lipinski definition) is 2. The number of ether oxygens (including phenoxy) is 1. The maximum atomic E-state index is 12.2. The van der Waals surface area contributed by atoms with Crippen molar-refractivity contribution < 1.29 is 14.6 Å². The predicted molar refractivity (Wildman–Crippen MR) is 77.9 cm³/mol. The quantitative estimate of drug-likeness (QED) is 0.827. The van der Waals surface area contributed by atoms with Crippen LogP contribution >= 0.6 is 0 Å². The number of nitrogens with zero attached hydrogens (tertiary/aromatic N) is 1. The summed E-state index contributed by atoms with van der Waals surface area (Å²) in [5, 5.41) is 23.1. The van der Waals surface area contributed by atoms with Crippen molar-refractivity contribution in [3.63, 3.8) is 0 Å². The lowest BCUT2D eigenvalue weighted by molar-refractivity contribution is -0.171. The van der Waals surface area contributed by atoms with Gasteiger partial charge in [-0.2, -0.15) is 5.26 Å². The van der Waals surface area contributed by atoms with Crippen LogP contribution in [0.3, 0.4) is 0 Å². The molecule has 0 saturated carbocycles. The van der Waals surface area contributed by atoms with Crippen molar-refractivity contribution in [3.05, 3.63) is 29.3 Å². The first kappa shape index (κ1) is 15.5. The zero-order valence-corrected chi connectivity index (χ0v) is 12.7. The van der Waals surface area contributed by atoms with Crippen LogP contribution in [0.1, 0.15) is 44.7 Å². The molecule has 0 aliphatic carbocycles. The zero-order valence-electron chi connectivity index (χ0n) is 12.7. The lowest BCUT2D eigenvalue weighted by atomic mass is 9.73. The van der Waals surface area contributed by atoms with E-state index in [0.29, 0.717) is 23.4 Å². The Morgan fingerprint density at radius 3 is 2.71 bits per heavy atom. The number of nitrogens with one attached hydrogen (secondary N) is 1. The van der Waals surface area contributed by atoms with Crippen LogP contribution in [-0.2, 0) is 4.79 Å². The molecule has 5 nitrogen and oxygen atoms in total. The summed E-state index contributed by atoms with van der Waals surface area (Å²) in [6, 6.07) is 6.98. The van der Waals surface area contributed by atoms with Crippen LogP contribution in [0.15, 0.2) is 18.2 Å². The number of Topliss-reactive ketones (excluding diaryl/α,β-unsaturated/α-hetero) is 1. The molecule has 0 spiro atoms. The second-order valence-electron chi connectivity index (χ2n) is 5.82. The van der Waals surface area contributed by atoms with Gasteiger partial charge < -0.3 is 9.84 Å². The molecule has 2 rings (SSSR count). The van der Waals surface area contributed by atoms with Crippen molar-refractivity contribution in [1.29, 1.82) is 5.26 Å². The molecule has 1 aliphatic rings. The van der Waals surface area contributed by atoms with Gasteiger partial charge in [0.15, 0.2) is 5.72 Å². The second kappa shape index (κ2) is 5.14. The number of carbonyl (C=O) groups excluding carboxylic acids is 1. The monoisotopic (exact) mass is 288 g/mol. The Kier molecular flexibility index (Phi) is 3.79. The number of benzene rings is 1. The van der Waals surface area contributed by atoms with E-state index in [9.17, 15) is 9.90 Å². The Balaban J connectivity index is 2.69. The minimum atomic E-state index is -1.53. The van der Waals surface area contributed by atoms with Crippen molar-refractivity contribution in [2.75, 3.05) is 6.54 Å². The van der Waals surface area contributed by atoms with Crippen LogP contribution in [0.4, 0.5) is 0 Å². The van der Waals surface area contributed by atoms with Crippen molar-refractivity contribution in [3.8, 4) is 11.8 Å². The molecule has 5 heteroatoms. The van der Waals surface area contributed by atoms with Gasteiger partial charge in [0.2, 0.25) is 0 Å². The average molecular weight is 288 g/mol. The number of ketones is 1. The van der Waals surface area contributed by atoms with Gasteiger partial charge in [0, 0.05) is 5.56 Å². The summed E-state index contributed by atoms with van der Waals surface area (Å²) in [6.07, 6.45) is 0. The average Bonchev–Trinajstić information content (AvgIpc) is 2.39. The van der Waals surface area contributed by atoms with Crippen LogP contribution in [0.5, 0.6) is 5.75 Å². The Morgan fingerprint density at radius 1 is 1.52 bits per heavy atom. The molecule has 0 aromatic heterocycles. The molecule has 0 bridgehead atoms. The third kappa shape index (κ3) is 2.31. The number of fused-ring (bicyclic) bond motifs is 1. The third-order valence-electron chi connectivity index (χ3n) is 4.00. The molecular formula is C16H20N2O3. The summed E-state index contributed by atoms with van der Waals surface area (Å²) in [5.74, 6) is -0.433. The Labute approximate surface area is 124 Å². The molecule has 0 radical (unpaired) electrons. The number of rotatable bonds is 3. The molecule has 1 aromatic carbocycles. The molecule has 1 aliphatic heterocycles. The Bertz CT molecular complexity index is 618. The number of likely N-dealkylation sites (N-methyl/N-ethyl adjacent to an activating group) is 1. The fraction of sp³-hybridized carbons (Fsp3) is 0.500. The summed E-state index contributed by atoms with van der Waals surface area (Å²) >= 11 is 0. The molecule has 2 atom stereocenters. The van der Waals surface area contributed by atoms with E-state index >= 15 is 0 Å². The predicted octanol–water partition coefficient (Wildman–Crippen LogP) is 1.70. The van der Waals surface area contributed by atoms with Gasteiger partial charge in [-0.15, -0.1) is 0 Å². The minimum absolute atomic E-state index is 0.175. The maximum absolute atomic E-state index is 12.2. The van der Waals surface area contributed by atoms with Crippen LogP contribution in [0, 0.1) is 11.3 Å². The number of hydrogen-bond acceptors (Lipinski definition) is 5. The SMILES string of the molecule is CCNC1(O)C(C(C)=O)c2cc(C#N)ccc2OC1(C)C. The van der Waals surface area contributed by atoms with Gasteiger partial charge in [-0.1, -0.05) is 6.92 Å². The summed E-state index contributed by atoms with van der Waals surface area (Å²) in [4.78, 5) is 12.2. The number of carbonyl (C=O) groups is 1. The summed E-state index contributed by atoms with van der Waals surface area (Å²) in [5.41, 5.74) is -1.54. The summed E-state index contributed by atoms with van der Waals surface area (Å²) in [6.45, 7) is 7.27. The largest absolute Gasteiger partial charge is 0.483 e. The van der Waals surface area contributed by atoms with E-state index in [1.165, 1.54) is 6.92 Å². The van der Waals surface area contributed by atoms with Crippen molar-refractivity contribution >= 4 is 5.78 Å². The highest BCUT2D eigenvalue weighted by Crippen LogP contribution is 2.46. The molecular weight excluding hydrogens is 268 g/mol. The highest BCUT2D eigenvalue weighted by molar-refractivity contribution is 5.86. The van der Waals surface area contributed by atoms with E-state index in [1.54, 1.807) is 32.0 Å². The highest BCUT2D eigenvalue weighted by Gasteiger charge is 2.57. The molecule has 2 N–H and O–H groups in total. The first-order chi connectivity index (χ1) is 9.76. The van der Waals surface area contributed by atoms with Crippen molar-refractivity contribution in [2.45, 2.75) is 44.9 Å². The second-order valence-corrected chi connectivity index (χ2v) is 5.82. The fourth-order valence-electron chi connectivity index (χ4n) is 2.96. The zero-order chi connectivity index (χ0) is 15.8. The van der Waals surface area contributed by atoms with Gasteiger partial charge in [0.25, 0.3) is 0 Å². The minimum Gasteiger partial charge on any atom is -0.483 e. The first-order valence-corrected chi connectivity index (χ1v) is 6.97. The van der Waals surface area contributed by atoms with Gasteiger partial charge in [-0.3, -0.25) is 10.1 Å². The van der Waals surface area contributed by atoms with E-state index in [1.807, 2.05) is 13.0 Å². The maximum Gasteiger partial charge on any atom is 0.169 e. The van der Waals surface area contributed by atoms with Crippen LogP contribution in [0.25, 0.3) is 0 Å².